The molecule has 0 unspecified atom stereocenters. The van der Waals surface area contributed by atoms with Gasteiger partial charge < -0.3 is 14.2 Å². The van der Waals surface area contributed by atoms with Crippen molar-refractivity contribution in [3.8, 4) is 17.2 Å². The highest BCUT2D eigenvalue weighted by molar-refractivity contribution is 5.94. The van der Waals surface area contributed by atoms with Crippen molar-refractivity contribution in [3.63, 3.8) is 0 Å². The molecule has 32 heavy (non-hydrogen) atoms. The maximum atomic E-state index is 12.6. The number of nitro groups is 1. The third-order valence-electron chi connectivity index (χ3n) is 4.28. The summed E-state index contributed by atoms with van der Waals surface area (Å²) in [6, 6.07) is 17.7. The molecule has 0 aliphatic rings. The van der Waals surface area contributed by atoms with Crippen LogP contribution in [0.1, 0.15) is 22.8 Å². The molecule has 3 aromatic rings. The van der Waals surface area contributed by atoms with Crippen LogP contribution in [0.3, 0.4) is 0 Å². The van der Waals surface area contributed by atoms with Crippen LogP contribution >= 0.6 is 0 Å². The molecule has 164 valence electrons. The predicted octanol–water partition coefficient (Wildman–Crippen LogP) is 4.67. The minimum Gasteiger partial charge on any atom is -0.496 e. The van der Waals surface area contributed by atoms with Gasteiger partial charge in [0, 0.05) is 12.1 Å². The molecule has 0 radical (unpaired) electrons. The van der Waals surface area contributed by atoms with Crippen molar-refractivity contribution in [3.05, 3.63) is 88.0 Å². The van der Waals surface area contributed by atoms with E-state index in [0.717, 1.165) is 0 Å². The maximum Gasteiger partial charge on any atom is 0.347 e. The van der Waals surface area contributed by atoms with Gasteiger partial charge in [0.1, 0.15) is 11.3 Å². The first-order chi connectivity index (χ1) is 15.5. The molecule has 0 bridgehead atoms. The lowest BCUT2D eigenvalue weighted by atomic mass is 10.2. The lowest BCUT2D eigenvalue weighted by Crippen LogP contribution is -2.11. The van der Waals surface area contributed by atoms with Crippen LogP contribution in [0.2, 0.25) is 0 Å². The SMILES string of the molecule is CCOc1cc(C=NNc2ccc([N+](=O)[O-])cc2)ccc1OC(=O)c1ccccc1OC. The fourth-order valence-corrected chi connectivity index (χ4v) is 2.76. The molecule has 0 atom stereocenters. The Morgan fingerprint density at radius 1 is 1.06 bits per heavy atom. The van der Waals surface area contributed by atoms with Gasteiger partial charge in [0.25, 0.3) is 5.69 Å². The van der Waals surface area contributed by atoms with Gasteiger partial charge in [-0.2, -0.15) is 5.10 Å². The topological polar surface area (TPSA) is 112 Å². The number of ether oxygens (including phenoxy) is 3. The van der Waals surface area contributed by atoms with Gasteiger partial charge in [0.05, 0.1) is 30.5 Å². The number of para-hydroxylation sites is 1. The smallest absolute Gasteiger partial charge is 0.347 e. The molecule has 0 aliphatic carbocycles. The van der Waals surface area contributed by atoms with E-state index in [0.29, 0.717) is 34.9 Å². The molecule has 0 fully saturated rings. The summed E-state index contributed by atoms with van der Waals surface area (Å²) in [6.07, 6.45) is 1.55. The number of esters is 1. The van der Waals surface area contributed by atoms with Crippen molar-refractivity contribution < 1.29 is 23.9 Å². The number of anilines is 1. The van der Waals surface area contributed by atoms with Crippen LogP contribution in [-0.2, 0) is 0 Å². The van der Waals surface area contributed by atoms with E-state index >= 15 is 0 Å². The highest BCUT2D eigenvalue weighted by Gasteiger charge is 2.16. The highest BCUT2D eigenvalue weighted by Crippen LogP contribution is 2.30. The molecule has 0 aromatic heterocycles. The Morgan fingerprint density at radius 3 is 2.50 bits per heavy atom. The summed E-state index contributed by atoms with van der Waals surface area (Å²) in [4.78, 5) is 22.8. The second-order valence-electron chi connectivity index (χ2n) is 6.40. The summed E-state index contributed by atoms with van der Waals surface area (Å²) in [5, 5.41) is 14.8. The first-order valence-corrected chi connectivity index (χ1v) is 9.67. The van der Waals surface area contributed by atoms with Crippen molar-refractivity contribution >= 4 is 23.6 Å². The largest absolute Gasteiger partial charge is 0.496 e. The van der Waals surface area contributed by atoms with Gasteiger partial charge in [-0.05, 0) is 55.0 Å². The van der Waals surface area contributed by atoms with Crippen LogP contribution in [0.5, 0.6) is 17.2 Å². The number of hydrogen-bond acceptors (Lipinski definition) is 8. The summed E-state index contributed by atoms with van der Waals surface area (Å²) in [7, 11) is 1.48. The molecule has 0 saturated carbocycles. The zero-order valence-electron chi connectivity index (χ0n) is 17.5. The fourth-order valence-electron chi connectivity index (χ4n) is 2.76. The summed E-state index contributed by atoms with van der Waals surface area (Å²) in [5.74, 6) is 0.499. The van der Waals surface area contributed by atoms with E-state index in [1.807, 2.05) is 6.92 Å². The van der Waals surface area contributed by atoms with Crippen LogP contribution in [-0.4, -0.2) is 30.8 Å². The molecule has 3 rings (SSSR count). The van der Waals surface area contributed by atoms with E-state index in [2.05, 4.69) is 10.5 Å². The summed E-state index contributed by atoms with van der Waals surface area (Å²) < 4.78 is 16.4. The van der Waals surface area contributed by atoms with Gasteiger partial charge in [-0.25, -0.2) is 4.79 Å². The molecule has 0 spiro atoms. The van der Waals surface area contributed by atoms with Crippen LogP contribution < -0.4 is 19.6 Å². The molecule has 9 heteroatoms. The first-order valence-electron chi connectivity index (χ1n) is 9.67. The number of benzene rings is 3. The lowest BCUT2D eigenvalue weighted by molar-refractivity contribution is -0.384. The summed E-state index contributed by atoms with van der Waals surface area (Å²) in [5.41, 5.74) is 4.39. The van der Waals surface area contributed by atoms with Gasteiger partial charge in [-0.15, -0.1) is 0 Å². The Hall–Kier alpha value is -4.40. The number of rotatable bonds is 9. The molecular formula is C23H21N3O6. The average Bonchev–Trinajstić information content (AvgIpc) is 2.81. The molecule has 3 aromatic carbocycles. The van der Waals surface area contributed by atoms with E-state index in [4.69, 9.17) is 14.2 Å². The van der Waals surface area contributed by atoms with Crippen LogP contribution in [0.15, 0.2) is 71.8 Å². The molecule has 0 aliphatic heterocycles. The number of carbonyl (C=O) groups excluding carboxylic acids is 1. The molecule has 0 saturated heterocycles. The number of nitro benzene ring substituents is 1. The number of nitrogens with one attached hydrogen (secondary N) is 1. The fraction of sp³-hybridized carbons (Fsp3) is 0.130. The molecule has 1 N–H and O–H groups in total. The van der Waals surface area contributed by atoms with Gasteiger partial charge >= 0.3 is 5.97 Å². The second-order valence-corrected chi connectivity index (χ2v) is 6.40. The average molecular weight is 435 g/mol. The zero-order chi connectivity index (χ0) is 22.9. The highest BCUT2D eigenvalue weighted by atomic mass is 16.6. The van der Waals surface area contributed by atoms with Crippen LogP contribution in [0.25, 0.3) is 0 Å². The van der Waals surface area contributed by atoms with Crippen molar-refractivity contribution in [2.24, 2.45) is 5.10 Å². The van der Waals surface area contributed by atoms with E-state index in [9.17, 15) is 14.9 Å². The van der Waals surface area contributed by atoms with Crippen molar-refractivity contribution in [2.45, 2.75) is 6.92 Å². The Labute approximate surface area is 184 Å². The third-order valence-corrected chi connectivity index (χ3v) is 4.28. The minimum absolute atomic E-state index is 0.000792. The zero-order valence-corrected chi connectivity index (χ0v) is 17.5. The van der Waals surface area contributed by atoms with Crippen LogP contribution in [0, 0.1) is 10.1 Å². The molecule has 0 amide bonds. The number of nitrogens with zero attached hydrogens (tertiary/aromatic N) is 2. The molecular weight excluding hydrogens is 414 g/mol. The van der Waals surface area contributed by atoms with Crippen LogP contribution in [0.4, 0.5) is 11.4 Å². The Morgan fingerprint density at radius 2 is 1.81 bits per heavy atom. The number of hydrazone groups is 1. The number of hydrogen-bond donors (Lipinski definition) is 1. The monoisotopic (exact) mass is 435 g/mol. The van der Waals surface area contributed by atoms with Gasteiger partial charge in [-0.3, -0.25) is 15.5 Å². The normalized spacial score (nSPS) is 10.6. The van der Waals surface area contributed by atoms with Crippen molar-refractivity contribution in [1.82, 2.24) is 0 Å². The Balaban J connectivity index is 1.73. The van der Waals surface area contributed by atoms with E-state index < -0.39 is 10.9 Å². The van der Waals surface area contributed by atoms with Gasteiger partial charge in [0.15, 0.2) is 11.5 Å². The second kappa shape index (κ2) is 10.6. The van der Waals surface area contributed by atoms with Crippen molar-refractivity contribution in [1.29, 1.82) is 0 Å². The maximum absolute atomic E-state index is 12.6. The Bertz CT molecular complexity index is 1130. The van der Waals surface area contributed by atoms with Crippen molar-refractivity contribution in [2.75, 3.05) is 19.1 Å². The number of methoxy groups -OCH3 is 1. The van der Waals surface area contributed by atoms with Gasteiger partial charge in [0.2, 0.25) is 0 Å². The molecule has 0 heterocycles. The number of non-ortho nitro benzene ring substituents is 1. The minimum atomic E-state index is -0.565. The van der Waals surface area contributed by atoms with E-state index in [1.165, 1.54) is 19.2 Å². The number of carbonyl (C=O) groups is 1. The summed E-state index contributed by atoms with van der Waals surface area (Å²) in [6.45, 7) is 2.20. The summed E-state index contributed by atoms with van der Waals surface area (Å²) >= 11 is 0. The quantitative estimate of drug-likeness (QED) is 0.171. The van der Waals surface area contributed by atoms with E-state index in [1.54, 1.807) is 60.8 Å². The Kier molecular flexibility index (Phi) is 7.37. The first kappa shape index (κ1) is 22.3. The third kappa shape index (κ3) is 5.60. The standard InChI is InChI=1S/C23H21N3O6/c1-3-31-22-14-16(15-24-25-17-9-11-18(12-10-17)26(28)29)8-13-21(22)32-23(27)19-6-4-5-7-20(19)30-2/h4-15,25H,3H2,1-2H3. The predicted molar refractivity (Wildman–Crippen MR) is 120 cm³/mol. The van der Waals surface area contributed by atoms with E-state index in [-0.39, 0.29) is 11.4 Å². The molecule has 9 nitrogen and oxygen atoms in total. The van der Waals surface area contributed by atoms with Gasteiger partial charge in [-0.1, -0.05) is 12.1 Å². The lowest BCUT2D eigenvalue weighted by Gasteiger charge is -2.12.